The average Bonchev–Trinajstić information content (AvgIpc) is 3.27. The number of fused-ring (bicyclic) bond motifs is 1. The molecule has 154 valence electrons. The predicted octanol–water partition coefficient (Wildman–Crippen LogP) is 4.40. The molecule has 0 N–H and O–H groups in total. The molecule has 2 fully saturated rings. The number of nitrogens with zero attached hydrogens (tertiary/aromatic N) is 3. The van der Waals surface area contributed by atoms with Crippen LogP contribution in [-0.4, -0.2) is 52.9 Å². The van der Waals surface area contributed by atoms with Crippen LogP contribution >= 0.6 is 0 Å². The number of carbonyl (C=O) groups is 1. The molecule has 0 aliphatic carbocycles. The fourth-order valence-electron chi connectivity index (χ4n) is 5.20. The van der Waals surface area contributed by atoms with Gasteiger partial charge in [-0.05, 0) is 55.8 Å². The number of piperidine rings is 1. The SMILES string of the molecule is O=C(c1ccnc2ccccc12)N1CCC(N2CCC(Cc3ccccc3)C2)CC1. The largest absolute Gasteiger partial charge is 0.339 e. The number of aromatic nitrogens is 1. The first kappa shape index (κ1) is 19.3. The maximum Gasteiger partial charge on any atom is 0.254 e. The Morgan fingerprint density at radius 2 is 1.67 bits per heavy atom. The summed E-state index contributed by atoms with van der Waals surface area (Å²) in [7, 11) is 0. The third-order valence-corrected chi connectivity index (χ3v) is 6.83. The lowest BCUT2D eigenvalue weighted by Crippen LogP contribution is -2.46. The van der Waals surface area contributed by atoms with Crippen LogP contribution in [0.3, 0.4) is 0 Å². The number of para-hydroxylation sites is 1. The molecule has 1 aromatic heterocycles. The van der Waals surface area contributed by atoms with Crippen LogP contribution in [0.2, 0.25) is 0 Å². The molecule has 5 rings (SSSR count). The topological polar surface area (TPSA) is 36.4 Å². The summed E-state index contributed by atoms with van der Waals surface area (Å²) in [5, 5.41) is 0.954. The molecule has 1 amide bonds. The predicted molar refractivity (Wildman–Crippen MR) is 120 cm³/mol. The van der Waals surface area contributed by atoms with Gasteiger partial charge in [-0.1, -0.05) is 48.5 Å². The first-order valence-electron chi connectivity index (χ1n) is 11.2. The normalized spacial score (nSPS) is 20.7. The summed E-state index contributed by atoms with van der Waals surface area (Å²) in [4.78, 5) is 22.3. The molecule has 2 aliphatic rings. The van der Waals surface area contributed by atoms with Crippen molar-refractivity contribution < 1.29 is 4.79 Å². The maximum absolute atomic E-state index is 13.2. The molecule has 2 aliphatic heterocycles. The molecule has 3 aromatic rings. The Morgan fingerprint density at radius 1 is 0.900 bits per heavy atom. The van der Waals surface area contributed by atoms with Gasteiger partial charge in [0.25, 0.3) is 5.91 Å². The smallest absolute Gasteiger partial charge is 0.254 e. The van der Waals surface area contributed by atoms with E-state index in [1.807, 2.05) is 35.2 Å². The minimum atomic E-state index is 0.149. The number of pyridine rings is 1. The third kappa shape index (κ3) is 3.97. The van der Waals surface area contributed by atoms with Crippen LogP contribution in [0.15, 0.2) is 66.9 Å². The quantitative estimate of drug-likeness (QED) is 0.652. The van der Waals surface area contributed by atoms with Gasteiger partial charge in [-0.25, -0.2) is 0 Å². The Bertz CT molecular complexity index is 1010. The van der Waals surface area contributed by atoms with E-state index in [9.17, 15) is 4.79 Å². The molecule has 2 aromatic carbocycles. The van der Waals surface area contributed by atoms with Crippen molar-refractivity contribution in [2.75, 3.05) is 26.2 Å². The second kappa shape index (κ2) is 8.57. The van der Waals surface area contributed by atoms with E-state index in [1.165, 1.54) is 31.5 Å². The Morgan fingerprint density at radius 3 is 2.50 bits per heavy atom. The van der Waals surface area contributed by atoms with Crippen molar-refractivity contribution in [2.45, 2.75) is 31.7 Å². The molecule has 0 radical (unpaired) electrons. The first-order chi connectivity index (χ1) is 14.8. The molecule has 1 atom stereocenters. The van der Waals surface area contributed by atoms with E-state index in [2.05, 4.69) is 40.2 Å². The van der Waals surface area contributed by atoms with E-state index in [1.54, 1.807) is 6.20 Å². The van der Waals surface area contributed by atoms with Crippen molar-refractivity contribution in [1.29, 1.82) is 0 Å². The molecule has 0 spiro atoms. The Kier molecular flexibility index (Phi) is 5.50. The van der Waals surface area contributed by atoms with Crippen molar-refractivity contribution in [3.8, 4) is 0 Å². The fourth-order valence-corrected chi connectivity index (χ4v) is 5.20. The first-order valence-corrected chi connectivity index (χ1v) is 11.2. The average molecular weight is 400 g/mol. The number of amides is 1. The molecule has 1 unspecified atom stereocenters. The van der Waals surface area contributed by atoms with E-state index in [-0.39, 0.29) is 5.91 Å². The summed E-state index contributed by atoms with van der Waals surface area (Å²) in [6.07, 6.45) is 6.37. The van der Waals surface area contributed by atoms with Gasteiger partial charge in [0.05, 0.1) is 11.1 Å². The van der Waals surface area contributed by atoms with Crippen molar-refractivity contribution >= 4 is 16.8 Å². The third-order valence-electron chi connectivity index (χ3n) is 6.83. The lowest BCUT2D eigenvalue weighted by Gasteiger charge is -2.37. The number of carbonyl (C=O) groups excluding carboxylic acids is 1. The molecule has 30 heavy (non-hydrogen) atoms. The van der Waals surface area contributed by atoms with Crippen molar-refractivity contribution in [3.05, 3.63) is 78.0 Å². The summed E-state index contributed by atoms with van der Waals surface area (Å²) >= 11 is 0. The van der Waals surface area contributed by atoms with Crippen LogP contribution in [0.5, 0.6) is 0 Å². The van der Waals surface area contributed by atoms with E-state index in [4.69, 9.17) is 0 Å². The molecular formula is C26H29N3O. The molecule has 4 heteroatoms. The van der Waals surface area contributed by atoms with Gasteiger partial charge < -0.3 is 4.90 Å². The van der Waals surface area contributed by atoms with Crippen molar-refractivity contribution in [1.82, 2.24) is 14.8 Å². The number of benzene rings is 2. The molecule has 0 saturated carbocycles. The van der Waals surface area contributed by atoms with Gasteiger partial charge in [-0.2, -0.15) is 0 Å². The zero-order chi connectivity index (χ0) is 20.3. The zero-order valence-electron chi connectivity index (χ0n) is 17.4. The number of hydrogen-bond donors (Lipinski definition) is 0. The van der Waals surface area contributed by atoms with E-state index < -0.39 is 0 Å². The van der Waals surface area contributed by atoms with Gasteiger partial charge in [0.1, 0.15) is 0 Å². The number of likely N-dealkylation sites (tertiary alicyclic amines) is 2. The summed E-state index contributed by atoms with van der Waals surface area (Å²) in [5.74, 6) is 0.908. The Balaban J connectivity index is 1.18. The van der Waals surface area contributed by atoms with Crippen molar-refractivity contribution in [2.24, 2.45) is 5.92 Å². The van der Waals surface area contributed by atoms with E-state index in [0.717, 1.165) is 48.3 Å². The fraction of sp³-hybridized carbons (Fsp3) is 0.385. The highest BCUT2D eigenvalue weighted by atomic mass is 16.2. The highest BCUT2D eigenvalue weighted by Gasteiger charge is 2.32. The van der Waals surface area contributed by atoms with Gasteiger partial charge in [0, 0.05) is 37.3 Å². The summed E-state index contributed by atoms with van der Waals surface area (Å²) in [5.41, 5.74) is 3.12. The van der Waals surface area contributed by atoms with Crippen LogP contribution in [0.25, 0.3) is 10.9 Å². The van der Waals surface area contributed by atoms with Gasteiger partial charge >= 0.3 is 0 Å². The van der Waals surface area contributed by atoms with Crippen LogP contribution in [-0.2, 0) is 6.42 Å². The van der Waals surface area contributed by atoms with Gasteiger partial charge in [-0.3, -0.25) is 14.7 Å². The zero-order valence-corrected chi connectivity index (χ0v) is 17.4. The molecule has 4 nitrogen and oxygen atoms in total. The number of hydrogen-bond acceptors (Lipinski definition) is 3. The van der Waals surface area contributed by atoms with Crippen LogP contribution in [0.1, 0.15) is 35.2 Å². The second-order valence-electron chi connectivity index (χ2n) is 8.74. The molecule has 3 heterocycles. The Labute approximate surface area is 178 Å². The summed E-state index contributed by atoms with van der Waals surface area (Å²) in [6.45, 7) is 4.09. The van der Waals surface area contributed by atoms with Crippen LogP contribution in [0, 0.1) is 5.92 Å². The summed E-state index contributed by atoms with van der Waals surface area (Å²) < 4.78 is 0. The minimum Gasteiger partial charge on any atom is -0.339 e. The second-order valence-corrected chi connectivity index (χ2v) is 8.74. The lowest BCUT2D eigenvalue weighted by molar-refractivity contribution is 0.0643. The standard InChI is InChI=1S/C26H29N3O/c30-26(24-10-14-27-25-9-5-4-8-23(24)25)28-16-12-22(13-17-28)29-15-11-21(19-29)18-20-6-2-1-3-7-20/h1-10,14,21-22H,11-13,15-19H2. The maximum atomic E-state index is 13.2. The molecule has 2 saturated heterocycles. The Hall–Kier alpha value is -2.72. The van der Waals surface area contributed by atoms with Crippen molar-refractivity contribution in [3.63, 3.8) is 0 Å². The highest BCUT2D eigenvalue weighted by Crippen LogP contribution is 2.27. The minimum absolute atomic E-state index is 0.149. The number of rotatable bonds is 4. The molecular weight excluding hydrogens is 370 g/mol. The van der Waals surface area contributed by atoms with Gasteiger partial charge in [0.15, 0.2) is 0 Å². The van der Waals surface area contributed by atoms with Gasteiger partial charge in [0.2, 0.25) is 0 Å². The monoisotopic (exact) mass is 399 g/mol. The lowest BCUT2D eigenvalue weighted by atomic mass is 9.98. The van der Waals surface area contributed by atoms with E-state index in [0.29, 0.717) is 6.04 Å². The van der Waals surface area contributed by atoms with Gasteiger partial charge in [-0.15, -0.1) is 0 Å². The highest BCUT2D eigenvalue weighted by molar-refractivity contribution is 6.05. The van der Waals surface area contributed by atoms with E-state index >= 15 is 0 Å². The van der Waals surface area contributed by atoms with Crippen LogP contribution < -0.4 is 0 Å². The molecule has 0 bridgehead atoms. The summed E-state index contributed by atoms with van der Waals surface area (Å²) in [6, 6.07) is 21.3. The van der Waals surface area contributed by atoms with Crippen LogP contribution in [0.4, 0.5) is 0 Å².